The van der Waals surface area contributed by atoms with Crippen LogP contribution in [0.3, 0.4) is 0 Å². The Morgan fingerprint density at radius 2 is 1.47 bits per heavy atom. The number of fused-ring (bicyclic) bond motifs is 1. The highest BCUT2D eigenvalue weighted by molar-refractivity contribution is 6.34. The van der Waals surface area contributed by atoms with Gasteiger partial charge in [0.2, 0.25) is 0 Å². The highest BCUT2D eigenvalue weighted by atomic mass is 16.5. The van der Waals surface area contributed by atoms with E-state index in [1.807, 2.05) is 30.3 Å². The fraction of sp³-hybridized carbons (Fsp3) is 0.0400. The third-order valence-corrected chi connectivity index (χ3v) is 5.12. The number of ether oxygens (including phenoxy) is 1. The predicted octanol–water partition coefficient (Wildman–Crippen LogP) is 4.50. The average Bonchev–Trinajstić information content (AvgIpc) is 3.41. The molecule has 0 atom stereocenters. The summed E-state index contributed by atoms with van der Waals surface area (Å²) >= 11 is 0. The summed E-state index contributed by atoms with van der Waals surface area (Å²) in [5.41, 5.74) is 2.77. The minimum Gasteiger partial charge on any atom is -0.455 e. The van der Waals surface area contributed by atoms with Gasteiger partial charge in [-0.25, -0.2) is 9.69 Å². The van der Waals surface area contributed by atoms with Gasteiger partial charge in [0, 0.05) is 11.6 Å². The van der Waals surface area contributed by atoms with E-state index < -0.39 is 5.97 Å². The van der Waals surface area contributed by atoms with Gasteiger partial charge in [0.1, 0.15) is 12.3 Å². The molecule has 2 amide bonds. The van der Waals surface area contributed by atoms with Crippen LogP contribution in [0.2, 0.25) is 0 Å². The van der Waals surface area contributed by atoms with Crippen molar-refractivity contribution in [3.63, 3.8) is 0 Å². The molecule has 7 heteroatoms. The number of nitrogens with zero attached hydrogens (tertiary/aromatic N) is 2. The average molecular weight is 424 g/mol. The van der Waals surface area contributed by atoms with E-state index in [-0.39, 0.29) is 24.0 Å². The third-order valence-electron chi connectivity index (χ3n) is 5.12. The first-order valence-corrected chi connectivity index (χ1v) is 9.88. The molecular formula is C25H16N2O5. The molecule has 1 aliphatic rings. The molecule has 0 spiro atoms. The predicted molar refractivity (Wildman–Crippen MR) is 115 cm³/mol. The molecule has 0 saturated carbocycles. The quantitative estimate of drug-likeness (QED) is 0.346. The van der Waals surface area contributed by atoms with Gasteiger partial charge in [0.25, 0.3) is 11.8 Å². The van der Waals surface area contributed by atoms with Crippen molar-refractivity contribution in [2.45, 2.75) is 6.61 Å². The summed E-state index contributed by atoms with van der Waals surface area (Å²) in [4.78, 5) is 38.7. The van der Waals surface area contributed by atoms with Crippen molar-refractivity contribution >= 4 is 23.5 Å². The maximum atomic E-state index is 12.6. The number of hydrogen-bond donors (Lipinski definition) is 0. The van der Waals surface area contributed by atoms with Crippen molar-refractivity contribution in [3.05, 3.63) is 107 Å². The number of esters is 1. The molecule has 2 heterocycles. The zero-order valence-corrected chi connectivity index (χ0v) is 16.7. The van der Waals surface area contributed by atoms with E-state index in [1.165, 1.54) is 12.1 Å². The Morgan fingerprint density at radius 1 is 0.844 bits per heavy atom. The molecule has 0 unspecified atom stereocenters. The van der Waals surface area contributed by atoms with Crippen LogP contribution in [0.25, 0.3) is 11.3 Å². The Balaban J connectivity index is 1.25. The van der Waals surface area contributed by atoms with E-state index in [1.54, 1.807) is 42.5 Å². The van der Waals surface area contributed by atoms with E-state index in [4.69, 9.17) is 9.26 Å². The molecule has 156 valence electrons. The molecule has 0 N–H and O–H groups in total. The van der Waals surface area contributed by atoms with E-state index in [0.717, 1.165) is 10.5 Å². The van der Waals surface area contributed by atoms with Crippen LogP contribution in [0.4, 0.5) is 5.69 Å². The Bertz CT molecular complexity index is 1290. The molecule has 0 fully saturated rings. The monoisotopic (exact) mass is 424 g/mol. The second-order valence-corrected chi connectivity index (χ2v) is 7.16. The first-order valence-electron chi connectivity index (χ1n) is 9.88. The summed E-state index contributed by atoms with van der Waals surface area (Å²) in [6.07, 6.45) is 0. The van der Waals surface area contributed by atoms with Crippen LogP contribution in [-0.2, 0) is 11.3 Å². The number of benzene rings is 3. The number of aromatic nitrogens is 1. The van der Waals surface area contributed by atoms with Crippen LogP contribution in [-0.4, -0.2) is 22.9 Å². The largest absolute Gasteiger partial charge is 0.455 e. The van der Waals surface area contributed by atoms with Gasteiger partial charge in [-0.15, -0.1) is 0 Å². The first-order chi connectivity index (χ1) is 15.6. The Hall–Kier alpha value is -4.52. The topological polar surface area (TPSA) is 89.7 Å². The van der Waals surface area contributed by atoms with Gasteiger partial charge < -0.3 is 9.26 Å². The second kappa shape index (κ2) is 7.96. The van der Waals surface area contributed by atoms with Crippen molar-refractivity contribution in [2.24, 2.45) is 0 Å². The van der Waals surface area contributed by atoms with Crippen LogP contribution in [0.1, 0.15) is 36.8 Å². The van der Waals surface area contributed by atoms with Crippen molar-refractivity contribution in [3.8, 4) is 11.3 Å². The second-order valence-electron chi connectivity index (χ2n) is 7.16. The number of carbonyl (C=O) groups is 3. The smallest absolute Gasteiger partial charge is 0.338 e. The van der Waals surface area contributed by atoms with Crippen molar-refractivity contribution in [1.82, 2.24) is 5.16 Å². The van der Waals surface area contributed by atoms with E-state index >= 15 is 0 Å². The highest BCUT2D eigenvalue weighted by Gasteiger charge is 2.36. The van der Waals surface area contributed by atoms with Crippen molar-refractivity contribution in [1.29, 1.82) is 0 Å². The van der Waals surface area contributed by atoms with Gasteiger partial charge in [-0.2, -0.15) is 0 Å². The lowest BCUT2D eigenvalue weighted by Gasteiger charge is -2.14. The summed E-state index contributed by atoms with van der Waals surface area (Å²) in [5, 5.41) is 3.93. The minimum atomic E-state index is -0.553. The Labute approximate surface area is 182 Å². The first kappa shape index (κ1) is 19.4. The molecule has 4 aromatic rings. The van der Waals surface area contributed by atoms with Gasteiger partial charge in [-0.1, -0.05) is 47.6 Å². The van der Waals surface area contributed by atoms with Crippen LogP contribution >= 0.6 is 0 Å². The molecule has 5 rings (SSSR count). The van der Waals surface area contributed by atoms with E-state index in [0.29, 0.717) is 28.3 Å². The highest BCUT2D eigenvalue weighted by Crippen LogP contribution is 2.28. The van der Waals surface area contributed by atoms with Gasteiger partial charge in [-0.05, 0) is 36.4 Å². The SMILES string of the molecule is O=C(OCc1cc(-c2ccccc2)on1)c1ccc(N2C(=O)c3ccccc3C2=O)cc1. The van der Waals surface area contributed by atoms with Crippen LogP contribution in [0, 0.1) is 0 Å². The lowest BCUT2D eigenvalue weighted by atomic mass is 10.1. The number of carbonyl (C=O) groups excluding carboxylic acids is 3. The van der Waals surface area contributed by atoms with Crippen LogP contribution in [0.5, 0.6) is 0 Å². The number of imide groups is 1. The van der Waals surface area contributed by atoms with Crippen LogP contribution < -0.4 is 4.90 Å². The maximum Gasteiger partial charge on any atom is 0.338 e. The van der Waals surface area contributed by atoms with Crippen LogP contribution in [0.15, 0.2) is 89.5 Å². The standard InChI is InChI=1S/C25H16N2O5/c28-23-20-8-4-5-9-21(20)24(29)27(23)19-12-10-17(11-13-19)25(30)31-15-18-14-22(32-26-18)16-6-2-1-3-7-16/h1-14H,15H2. The maximum absolute atomic E-state index is 12.6. The summed E-state index contributed by atoms with van der Waals surface area (Å²) in [7, 11) is 0. The normalized spacial score (nSPS) is 12.7. The molecule has 3 aromatic carbocycles. The molecule has 0 saturated heterocycles. The summed E-state index contributed by atoms with van der Waals surface area (Å²) in [6, 6.07) is 24.0. The van der Waals surface area contributed by atoms with Crippen molar-refractivity contribution in [2.75, 3.05) is 4.90 Å². The number of hydrogen-bond acceptors (Lipinski definition) is 6. The number of rotatable bonds is 5. The minimum absolute atomic E-state index is 0.0463. The van der Waals surface area contributed by atoms with Crippen molar-refractivity contribution < 1.29 is 23.6 Å². The summed E-state index contributed by atoms with van der Waals surface area (Å²) < 4.78 is 10.6. The zero-order valence-electron chi connectivity index (χ0n) is 16.7. The lowest BCUT2D eigenvalue weighted by molar-refractivity contribution is 0.0464. The van der Waals surface area contributed by atoms with Gasteiger partial charge >= 0.3 is 5.97 Å². The van der Waals surface area contributed by atoms with E-state index in [2.05, 4.69) is 5.16 Å². The fourth-order valence-electron chi connectivity index (χ4n) is 3.51. The van der Waals surface area contributed by atoms with Gasteiger partial charge in [-0.3, -0.25) is 9.59 Å². The molecule has 1 aliphatic heterocycles. The van der Waals surface area contributed by atoms with Gasteiger partial charge in [0.15, 0.2) is 5.76 Å². The number of amides is 2. The Kier molecular flexibility index (Phi) is 4.84. The molecule has 7 nitrogen and oxygen atoms in total. The lowest BCUT2D eigenvalue weighted by Crippen LogP contribution is -2.29. The third kappa shape index (κ3) is 3.45. The van der Waals surface area contributed by atoms with Gasteiger partial charge in [0.05, 0.1) is 22.4 Å². The number of anilines is 1. The van der Waals surface area contributed by atoms with E-state index in [9.17, 15) is 14.4 Å². The Morgan fingerprint density at radius 3 is 2.12 bits per heavy atom. The molecule has 32 heavy (non-hydrogen) atoms. The molecular weight excluding hydrogens is 408 g/mol. The summed E-state index contributed by atoms with van der Waals surface area (Å²) in [5.74, 6) is -0.743. The zero-order chi connectivity index (χ0) is 22.1. The molecule has 0 bridgehead atoms. The molecule has 0 aliphatic carbocycles. The molecule has 0 radical (unpaired) electrons. The fourth-order valence-corrected chi connectivity index (χ4v) is 3.51. The molecule has 1 aromatic heterocycles. The summed E-state index contributed by atoms with van der Waals surface area (Å²) in [6.45, 7) is -0.0463.